The van der Waals surface area contributed by atoms with E-state index in [1.807, 2.05) is 6.07 Å². The van der Waals surface area contributed by atoms with E-state index in [2.05, 4.69) is 16.0 Å². The Hall–Kier alpha value is -4.13. The van der Waals surface area contributed by atoms with Crippen molar-refractivity contribution < 1.29 is 19.1 Å². The Morgan fingerprint density at radius 1 is 0.733 bits per heavy atom. The second kappa shape index (κ2) is 9.38. The molecule has 0 aliphatic rings. The quantitative estimate of drug-likeness (QED) is 0.594. The zero-order chi connectivity index (χ0) is 21.5. The fourth-order valence-corrected chi connectivity index (χ4v) is 2.78. The van der Waals surface area contributed by atoms with Crippen LogP contribution < -0.4 is 20.7 Å². The van der Waals surface area contributed by atoms with Gasteiger partial charge in [0.2, 0.25) is 0 Å². The molecule has 0 radical (unpaired) electrons. The summed E-state index contributed by atoms with van der Waals surface area (Å²) in [5.74, 6) is -0.299. The highest BCUT2D eigenvalue weighted by molar-refractivity contribution is 6.09. The number of amides is 4. The maximum absolute atomic E-state index is 12.4. The molecule has 7 nitrogen and oxygen atoms in total. The molecule has 30 heavy (non-hydrogen) atoms. The molecule has 0 saturated carbocycles. The van der Waals surface area contributed by atoms with Crippen molar-refractivity contribution in [2.45, 2.75) is 6.92 Å². The summed E-state index contributed by atoms with van der Waals surface area (Å²) in [6, 6.07) is 19.7. The molecule has 0 aliphatic carbocycles. The minimum absolute atomic E-state index is 0.256. The second-order valence-corrected chi connectivity index (χ2v) is 6.44. The lowest BCUT2D eigenvalue weighted by Gasteiger charge is -2.14. The van der Waals surface area contributed by atoms with Crippen molar-refractivity contribution in [3.63, 3.8) is 0 Å². The van der Waals surface area contributed by atoms with Crippen LogP contribution in [0.25, 0.3) is 0 Å². The van der Waals surface area contributed by atoms with E-state index in [0.717, 1.165) is 0 Å². The summed E-state index contributed by atoms with van der Waals surface area (Å²) in [5.41, 5.74) is 2.50. The first-order valence-electron chi connectivity index (χ1n) is 9.20. The number of benzene rings is 3. The molecule has 0 aliphatic heterocycles. The van der Waals surface area contributed by atoms with Crippen LogP contribution in [0.1, 0.15) is 26.3 Å². The van der Waals surface area contributed by atoms with E-state index < -0.39 is 11.9 Å². The summed E-state index contributed by atoms with van der Waals surface area (Å²) in [6.07, 6.45) is 0. The van der Waals surface area contributed by atoms with Gasteiger partial charge in [-0.2, -0.15) is 0 Å². The fraction of sp³-hybridized carbons (Fsp3) is 0.0870. The number of ether oxygens (including phenoxy) is 1. The molecule has 0 heterocycles. The van der Waals surface area contributed by atoms with Gasteiger partial charge in [-0.3, -0.25) is 14.9 Å². The molecular weight excluding hydrogens is 382 g/mol. The van der Waals surface area contributed by atoms with Crippen molar-refractivity contribution in [2.75, 3.05) is 17.7 Å². The minimum Gasteiger partial charge on any atom is -0.497 e. The van der Waals surface area contributed by atoms with E-state index in [9.17, 15) is 14.4 Å². The largest absolute Gasteiger partial charge is 0.497 e. The number of rotatable bonds is 5. The van der Waals surface area contributed by atoms with E-state index in [-0.39, 0.29) is 5.91 Å². The molecule has 0 atom stereocenters. The molecule has 0 saturated heterocycles. The maximum atomic E-state index is 12.4. The summed E-state index contributed by atoms with van der Waals surface area (Å²) in [4.78, 5) is 37.0. The summed E-state index contributed by atoms with van der Waals surface area (Å²) in [6.45, 7) is 1.76. The summed E-state index contributed by atoms with van der Waals surface area (Å²) in [5, 5.41) is 7.74. The summed E-state index contributed by atoms with van der Waals surface area (Å²) >= 11 is 0. The van der Waals surface area contributed by atoms with Gasteiger partial charge in [0.15, 0.2) is 0 Å². The first kappa shape index (κ1) is 20.6. The van der Waals surface area contributed by atoms with E-state index in [1.165, 1.54) is 13.2 Å². The zero-order valence-corrected chi connectivity index (χ0v) is 16.6. The normalized spacial score (nSPS) is 10.1. The lowest BCUT2D eigenvalue weighted by molar-refractivity contribution is 0.0965. The molecule has 0 aromatic heterocycles. The zero-order valence-electron chi connectivity index (χ0n) is 16.6. The Bertz CT molecular complexity index is 1080. The predicted molar refractivity (Wildman–Crippen MR) is 115 cm³/mol. The van der Waals surface area contributed by atoms with Gasteiger partial charge >= 0.3 is 6.03 Å². The lowest BCUT2D eigenvalue weighted by Crippen LogP contribution is -2.34. The standard InChI is InChI=1S/C23H21N3O4/c1-15-19(24-21(27)16-8-4-3-5-9-16)12-7-13-20(15)25-23(29)26-22(28)17-10-6-11-18(14-17)30-2/h3-14H,1-2H3,(H,24,27)(H2,25,26,28,29). The Morgan fingerprint density at radius 2 is 1.37 bits per heavy atom. The van der Waals surface area contributed by atoms with Gasteiger partial charge in [0.25, 0.3) is 11.8 Å². The number of imide groups is 1. The van der Waals surface area contributed by atoms with Crippen LogP contribution in [-0.4, -0.2) is 25.0 Å². The topological polar surface area (TPSA) is 96.5 Å². The number of methoxy groups -OCH3 is 1. The van der Waals surface area contributed by atoms with Crippen LogP contribution in [0, 0.1) is 6.92 Å². The van der Waals surface area contributed by atoms with Gasteiger partial charge in [-0.25, -0.2) is 4.79 Å². The third-order valence-corrected chi connectivity index (χ3v) is 4.43. The molecule has 3 N–H and O–H groups in total. The van der Waals surface area contributed by atoms with Crippen LogP contribution in [0.5, 0.6) is 5.75 Å². The molecule has 0 unspecified atom stereocenters. The molecular formula is C23H21N3O4. The number of hydrogen-bond acceptors (Lipinski definition) is 4. The average molecular weight is 403 g/mol. The highest BCUT2D eigenvalue weighted by Gasteiger charge is 2.14. The first-order chi connectivity index (χ1) is 14.5. The van der Waals surface area contributed by atoms with Crippen molar-refractivity contribution >= 4 is 29.2 Å². The summed E-state index contributed by atoms with van der Waals surface area (Å²) in [7, 11) is 1.50. The van der Waals surface area contributed by atoms with E-state index in [4.69, 9.17) is 4.74 Å². The molecule has 0 spiro atoms. The van der Waals surface area contributed by atoms with Gasteiger partial charge < -0.3 is 15.4 Å². The smallest absolute Gasteiger partial charge is 0.326 e. The van der Waals surface area contributed by atoms with Crippen LogP contribution >= 0.6 is 0 Å². The molecule has 3 aromatic rings. The Balaban J connectivity index is 1.67. The number of carbonyl (C=O) groups excluding carboxylic acids is 3. The van der Waals surface area contributed by atoms with Crippen LogP contribution in [0.2, 0.25) is 0 Å². The maximum Gasteiger partial charge on any atom is 0.326 e. The first-order valence-corrected chi connectivity index (χ1v) is 9.20. The van der Waals surface area contributed by atoms with Crippen molar-refractivity contribution in [1.29, 1.82) is 0 Å². The van der Waals surface area contributed by atoms with Crippen LogP contribution in [0.15, 0.2) is 72.8 Å². The molecule has 0 fully saturated rings. The van der Waals surface area contributed by atoms with Crippen molar-refractivity contribution in [2.24, 2.45) is 0 Å². The number of nitrogens with one attached hydrogen (secondary N) is 3. The Kier molecular flexibility index (Phi) is 6.44. The van der Waals surface area contributed by atoms with Gasteiger partial charge in [0.1, 0.15) is 5.75 Å². The monoisotopic (exact) mass is 403 g/mol. The molecule has 3 aromatic carbocycles. The van der Waals surface area contributed by atoms with Gasteiger partial charge in [-0.1, -0.05) is 30.3 Å². The van der Waals surface area contributed by atoms with Gasteiger partial charge in [-0.15, -0.1) is 0 Å². The predicted octanol–water partition coefficient (Wildman–Crippen LogP) is 4.22. The average Bonchev–Trinajstić information content (AvgIpc) is 2.77. The number of anilines is 2. The van der Waals surface area contributed by atoms with Crippen LogP contribution in [0.3, 0.4) is 0 Å². The Morgan fingerprint density at radius 3 is 2.07 bits per heavy atom. The third-order valence-electron chi connectivity index (χ3n) is 4.43. The molecule has 0 bridgehead atoms. The van der Waals surface area contributed by atoms with E-state index >= 15 is 0 Å². The number of urea groups is 1. The number of carbonyl (C=O) groups is 3. The summed E-state index contributed by atoms with van der Waals surface area (Å²) < 4.78 is 5.08. The molecule has 4 amide bonds. The minimum atomic E-state index is -0.683. The van der Waals surface area contributed by atoms with Crippen molar-refractivity contribution in [1.82, 2.24) is 5.32 Å². The Labute approximate surface area is 174 Å². The van der Waals surface area contributed by atoms with Gasteiger partial charge in [-0.05, 0) is 55.0 Å². The SMILES string of the molecule is COc1cccc(C(=O)NC(=O)Nc2cccc(NC(=O)c3ccccc3)c2C)c1. The van der Waals surface area contributed by atoms with Crippen molar-refractivity contribution in [3.05, 3.63) is 89.5 Å². The third kappa shape index (κ3) is 5.02. The second-order valence-electron chi connectivity index (χ2n) is 6.44. The van der Waals surface area contributed by atoms with Crippen molar-refractivity contribution in [3.8, 4) is 5.75 Å². The van der Waals surface area contributed by atoms with E-state index in [0.29, 0.717) is 33.8 Å². The van der Waals surface area contributed by atoms with Crippen LogP contribution in [-0.2, 0) is 0 Å². The van der Waals surface area contributed by atoms with Crippen LogP contribution in [0.4, 0.5) is 16.2 Å². The highest BCUT2D eigenvalue weighted by atomic mass is 16.5. The molecule has 7 heteroatoms. The molecule has 152 valence electrons. The van der Waals surface area contributed by atoms with Gasteiger partial charge in [0.05, 0.1) is 7.11 Å². The van der Waals surface area contributed by atoms with E-state index in [1.54, 1.807) is 67.6 Å². The lowest BCUT2D eigenvalue weighted by atomic mass is 10.1. The fourth-order valence-electron chi connectivity index (χ4n) is 2.78. The highest BCUT2D eigenvalue weighted by Crippen LogP contribution is 2.24. The molecule has 3 rings (SSSR count). The number of hydrogen-bond donors (Lipinski definition) is 3. The van der Waals surface area contributed by atoms with Gasteiger partial charge in [0, 0.05) is 22.5 Å².